The zero-order valence-corrected chi connectivity index (χ0v) is 9.82. The van der Waals surface area contributed by atoms with Crippen molar-refractivity contribution >= 4 is 11.6 Å². The van der Waals surface area contributed by atoms with Crippen molar-refractivity contribution in [2.45, 2.75) is 31.9 Å². The van der Waals surface area contributed by atoms with E-state index in [2.05, 4.69) is 5.32 Å². The van der Waals surface area contributed by atoms with Gasteiger partial charge in [-0.25, -0.2) is 0 Å². The van der Waals surface area contributed by atoms with E-state index in [4.69, 9.17) is 10.5 Å². The Balaban J connectivity index is 1.79. The van der Waals surface area contributed by atoms with E-state index >= 15 is 0 Å². The van der Waals surface area contributed by atoms with Crippen LogP contribution in [0.4, 0.5) is 5.69 Å². The van der Waals surface area contributed by atoms with Crippen molar-refractivity contribution in [2.75, 3.05) is 11.9 Å². The van der Waals surface area contributed by atoms with Crippen LogP contribution in [-0.2, 0) is 16.1 Å². The van der Waals surface area contributed by atoms with E-state index in [-0.39, 0.29) is 18.6 Å². The highest BCUT2D eigenvalue weighted by Gasteiger charge is 2.18. The van der Waals surface area contributed by atoms with Crippen LogP contribution in [0.1, 0.15) is 24.8 Å². The van der Waals surface area contributed by atoms with E-state index in [0.29, 0.717) is 6.54 Å². The smallest absolute Gasteiger partial charge is 0.250 e. The molecule has 0 bridgehead atoms. The molecule has 4 nitrogen and oxygen atoms in total. The van der Waals surface area contributed by atoms with Crippen molar-refractivity contribution in [3.05, 3.63) is 29.8 Å². The summed E-state index contributed by atoms with van der Waals surface area (Å²) in [5.41, 5.74) is 7.31. The molecule has 4 heteroatoms. The number of carbonyl (C=O) groups is 1. The lowest BCUT2D eigenvalue weighted by Gasteiger charge is -2.25. The van der Waals surface area contributed by atoms with Crippen molar-refractivity contribution in [3.63, 3.8) is 0 Å². The van der Waals surface area contributed by atoms with Crippen molar-refractivity contribution in [2.24, 2.45) is 5.73 Å². The molecule has 0 saturated heterocycles. The van der Waals surface area contributed by atoms with Gasteiger partial charge in [0.2, 0.25) is 5.91 Å². The second-order valence-corrected chi connectivity index (χ2v) is 4.32. The molecular weight excluding hydrogens is 216 g/mol. The first-order chi connectivity index (χ1) is 8.28. The third-order valence-electron chi connectivity index (χ3n) is 2.95. The number of amides is 1. The fourth-order valence-corrected chi connectivity index (χ4v) is 1.70. The van der Waals surface area contributed by atoms with Crippen LogP contribution >= 0.6 is 0 Å². The average molecular weight is 234 g/mol. The number of carbonyl (C=O) groups excluding carboxylic acids is 1. The molecule has 1 aromatic carbocycles. The second-order valence-electron chi connectivity index (χ2n) is 4.32. The molecule has 1 saturated carbocycles. The highest BCUT2D eigenvalue weighted by molar-refractivity contribution is 5.91. The number of ether oxygens (including phenoxy) is 1. The minimum Gasteiger partial charge on any atom is -0.368 e. The van der Waals surface area contributed by atoms with Crippen LogP contribution in [-0.4, -0.2) is 18.6 Å². The Labute approximate surface area is 101 Å². The molecule has 1 fully saturated rings. The van der Waals surface area contributed by atoms with Gasteiger partial charge < -0.3 is 15.8 Å². The van der Waals surface area contributed by atoms with Crippen LogP contribution in [0.25, 0.3) is 0 Å². The number of rotatable bonds is 5. The minimum atomic E-state index is -0.105. The summed E-state index contributed by atoms with van der Waals surface area (Å²) in [7, 11) is 0. The first-order valence-electron chi connectivity index (χ1n) is 5.98. The summed E-state index contributed by atoms with van der Waals surface area (Å²) < 4.78 is 5.43. The Hall–Kier alpha value is -1.39. The minimum absolute atomic E-state index is 0.105. The van der Waals surface area contributed by atoms with Gasteiger partial charge >= 0.3 is 0 Å². The predicted octanol–water partition coefficient (Wildman–Crippen LogP) is 1.65. The van der Waals surface area contributed by atoms with Gasteiger partial charge in [-0.05, 0) is 37.0 Å². The predicted molar refractivity (Wildman–Crippen MR) is 66.6 cm³/mol. The topological polar surface area (TPSA) is 64.3 Å². The maximum absolute atomic E-state index is 11.6. The molecule has 3 N–H and O–H groups in total. The van der Waals surface area contributed by atoms with Crippen LogP contribution in [0.2, 0.25) is 0 Å². The summed E-state index contributed by atoms with van der Waals surface area (Å²) in [5, 5.41) is 2.80. The van der Waals surface area contributed by atoms with Crippen LogP contribution in [0, 0.1) is 0 Å². The fraction of sp³-hybridized carbons (Fsp3) is 0.462. The lowest BCUT2D eigenvalue weighted by Crippen LogP contribution is -2.27. The molecule has 0 aromatic heterocycles. The third kappa shape index (κ3) is 3.54. The number of nitrogens with one attached hydrogen (secondary N) is 1. The molecule has 1 aliphatic carbocycles. The first-order valence-corrected chi connectivity index (χ1v) is 5.98. The van der Waals surface area contributed by atoms with Gasteiger partial charge in [0.15, 0.2) is 0 Å². The third-order valence-corrected chi connectivity index (χ3v) is 2.95. The second kappa shape index (κ2) is 5.80. The van der Waals surface area contributed by atoms with Crippen molar-refractivity contribution in [3.8, 4) is 0 Å². The molecule has 0 spiro atoms. The summed E-state index contributed by atoms with van der Waals surface area (Å²) in [5.74, 6) is -0.105. The highest BCUT2D eigenvalue weighted by Crippen LogP contribution is 2.21. The monoisotopic (exact) mass is 234 g/mol. The average Bonchev–Trinajstić information content (AvgIpc) is 2.27. The Morgan fingerprint density at radius 2 is 2.29 bits per heavy atom. The number of anilines is 1. The number of nitrogens with two attached hydrogens (primary N) is 1. The molecule has 0 aliphatic heterocycles. The van der Waals surface area contributed by atoms with Gasteiger partial charge in [-0.1, -0.05) is 12.1 Å². The standard InChI is InChI=1S/C13H18N2O2/c14-8-10-3-1-4-11(7-10)15-13(16)9-17-12-5-2-6-12/h1,3-4,7,12H,2,5-6,8-9,14H2,(H,15,16). The maximum atomic E-state index is 11.6. The highest BCUT2D eigenvalue weighted by atomic mass is 16.5. The number of hydrogen-bond acceptors (Lipinski definition) is 3. The normalized spacial score (nSPS) is 15.4. The van der Waals surface area contributed by atoms with Crippen molar-refractivity contribution in [1.82, 2.24) is 0 Å². The SMILES string of the molecule is NCc1cccc(NC(=O)COC2CCC2)c1. The van der Waals surface area contributed by atoms with Crippen LogP contribution in [0.15, 0.2) is 24.3 Å². The van der Waals surface area contributed by atoms with E-state index in [1.54, 1.807) is 0 Å². The Morgan fingerprint density at radius 3 is 2.94 bits per heavy atom. The fourth-order valence-electron chi connectivity index (χ4n) is 1.70. The van der Waals surface area contributed by atoms with E-state index in [0.717, 1.165) is 24.1 Å². The van der Waals surface area contributed by atoms with Gasteiger partial charge in [0.25, 0.3) is 0 Å². The number of benzene rings is 1. The summed E-state index contributed by atoms with van der Waals surface area (Å²) in [6.07, 6.45) is 3.66. The molecule has 0 heterocycles. The van der Waals surface area contributed by atoms with Crippen molar-refractivity contribution < 1.29 is 9.53 Å². The molecular formula is C13H18N2O2. The maximum Gasteiger partial charge on any atom is 0.250 e. The zero-order chi connectivity index (χ0) is 12.1. The van der Waals surface area contributed by atoms with E-state index in [1.807, 2.05) is 24.3 Å². The first kappa shape index (κ1) is 12.1. The Morgan fingerprint density at radius 1 is 1.47 bits per heavy atom. The van der Waals surface area contributed by atoms with Gasteiger partial charge in [-0.3, -0.25) is 4.79 Å². The molecule has 2 rings (SSSR count). The van der Waals surface area contributed by atoms with Gasteiger partial charge in [-0.15, -0.1) is 0 Å². The molecule has 92 valence electrons. The van der Waals surface area contributed by atoms with Gasteiger partial charge in [0.1, 0.15) is 6.61 Å². The molecule has 17 heavy (non-hydrogen) atoms. The van der Waals surface area contributed by atoms with Crippen molar-refractivity contribution in [1.29, 1.82) is 0 Å². The van der Waals surface area contributed by atoms with Gasteiger partial charge in [-0.2, -0.15) is 0 Å². The Kier molecular flexibility index (Phi) is 4.12. The summed E-state index contributed by atoms with van der Waals surface area (Å²) in [4.78, 5) is 11.6. The Bertz CT molecular complexity index is 389. The summed E-state index contributed by atoms with van der Waals surface area (Å²) in [6.45, 7) is 0.611. The molecule has 0 unspecified atom stereocenters. The lowest BCUT2D eigenvalue weighted by molar-refractivity contribution is -0.124. The zero-order valence-electron chi connectivity index (χ0n) is 9.82. The largest absolute Gasteiger partial charge is 0.368 e. The van der Waals surface area contributed by atoms with E-state index in [9.17, 15) is 4.79 Å². The quantitative estimate of drug-likeness (QED) is 0.814. The van der Waals surface area contributed by atoms with E-state index in [1.165, 1.54) is 6.42 Å². The van der Waals surface area contributed by atoms with Crippen LogP contribution in [0.3, 0.4) is 0 Å². The molecule has 1 aliphatic rings. The van der Waals surface area contributed by atoms with Crippen LogP contribution < -0.4 is 11.1 Å². The number of hydrogen-bond donors (Lipinski definition) is 2. The van der Waals surface area contributed by atoms with E-state index < -0.39 is 0 Å². The molecule has 1 aromatic rings. The summed E-state index contributed by atoms with van der Waals surface area (Å²) >= 11 is 0. The molecule has 1 amide bonds. The lowest BCUT2D eigenvalue weighted by atomic mass is 9.96. The molecule has 0 atom stereocenters. The van der Waals surface area contributed by atoms with Gasteiger partial charge in [0.05, 0.1) is 6.10 Å². The van der Waals surface area contributed by atoms with Crippen LogP contribution in [0.5, 0.6) is 0 Å². The van der Waals surface area contributed by atoms with Gasteiger partial charge in [0, 0.05) is 12.2 Å². The summed E-state index contributed by atoms with van der Waals surface area (Å²) in [6, 6.07) is 7.53. The molecule has 0 radical (unpaired) electrons.